The van der Waals surface area contributed by atoms with E-state index in [9.17, 15) is 4.79 Å². The number of hydrogen-bond acceptors (Lipinski definition) is 4. The molecule has 1 aliphatic heterocycles. The molecular weight excluding hydrogens is 268 g/mol. The van der Waals surface area contributed by atoms with Gasteiger partial charge in [0.1, 0.15) is 0 Å². The SMILES string of the molecule is CCc1nn(C)cc1CNC(=O)CCOC1CCNCC1. The lowest BCUT2D eigenvalue weighted by atomic mass is 10.1. The van der Waals surface area contributed by atoms with Gasteiger partial charge in [-0.1, -0.05) is 6.92 Å². The zero-order valence-corrected chi connectivity index (χ0v) is 13.0. The van der Waals surface area contributed by atoms with E-state index in [1.165, 1.54) is 0 Å². The van der Waals surface area contributed by atoms with Gasteiger partial charge in [0.15, 0.2) is 0 Å². The number of hydrogen-bond donors (Lipinski definition) is 2. The fourth-order valence-electron chi connectivity index (χ4n) is 2.59. The molecule has 0 aromatic carbocycles. The van der Waals surface area contributed by atoms with Crippen molar-refractivity contribution < 1.29 is 9.53 Å². The molecule has 2 N–H and O–H groups in total. The molecule has 21 heavy (non-hydrogen) atoms. The monoisotopic (exact) mass is 294 g/mol. The van der Waals surface area contributed by atoms with Gasteiger partial charge in [0.2, 0.25) is 5.91 Å². The molecular formula is C15H26N4O2. The number of ether oxygens (including phenoxy) is 1. The van der Waals surface area contributed by atoms with Gasteiger partial charge in [-0.3, -0.25) is 9.48 Å². The summed E-state index contributed by atoms with van der Waals surface area (Å²) in [6.45, 7) is 5.14. The number of aryl methyl sites for hydroxylation is 2. The summed E-state index contributed by atoms with van der Waals surface area (Å²) in [7, 11) is 1.90. The van der Waals surface area contributed by atoms with Gasteiger partial charge in [-0.25, -0.2) is 0 Å². The zero-order chi connectivity index (χ0) is 15.1. The molecule has 0 unspecified atom stereocenters. The second-order valence-electron chi connectivity index (χ2n) is 5.48. The number of aromatic nitrogens is 2. The number of amides is 1. The fourth-order valence-corrected chi connectivity index (χ4v) is 2.59. The van der Waals surface area contributed by atoms with E-state index in [0.717, 1.165) is 43.6 Å². The lowest BCUT2D eigenvalue weighted by Crippen LogP contribution is -2.33. The lowest BCUT2D eigenvalue weighted by Gasteiger charge is -2.22. The maximum absolute atomic E-state index is 11.8. The van der Waals surface area contributed by atoms with E-state index in [1.807, 2.05) is 13.2 Å². The van der Waals surface area contributed by atoms with Gasteiger partial charge < -0.3 is 15.4 Å². The van der Waals surface area contributed by atoms with Crippen molar-refractivity contribution in [3.05, 3.63) is 17.5 Å². The Morgan fingerprint density at radius 2 is 2.29 bits per heavy atom. The van der Waals surface area contributed by atoms with Gasteiger partial charge >= 0.3 is 0 Å². The minimum atomic E-state index is 0.0369. The van der Waals surface area contributed by atoms with E-state index in [1.54, 1.807) is 4.68 Å². The minimum Gasteiger partial charge on any atom is -0.378 e. The molecule has 1 aliphatic rings. The van der Waals surface area contributed by atoms with Crippen molar-refractivity contribution in [3.63, 3.8) is 0 Å². The number of carbonyl (C=O) groups excluding carboxylic acids is 1. The molecule has 1 fully saturated rings. The highest BCUT2D eigenvalue weighted by molar-refractivity contribution is 5.75. The minimum absolute atomic E-state index is 0.0369. The van der Waals surface area contributed by atoms with Crippen molar-refractivity contribution in [2.45, 2.75) is 45.3 Å². The highest BCUT2D eigenvalue weighted by Gasteiger charge is 2.14. The quantitative estimate of drug-likeness (QED) is 0.779. The van der Waals surface area contributed by atoms with Crippen LogP contribution in [-0.4, -0.2) is 41.5 Å². The van der Waals surface area contributed by atoms with Crippen LogP contribution in [-0.2, 0) is 29.5 Å². The Kier molecular flexibility index (Phi) is 6.20. The molecule has 6 nitrogen and oxygen atoms in total. The molecule has 0 radical (unpaired) electrons. The first kappa shape index (κ1) is 16.0. The van der Waals surface area contributed by atoms with E-state index < -0.39 is 0 Å². The second kappa shape index (κ2) is 8.14. The van der Waals surface area contributed by atoms with Gasteiger partial charge in [0.05, 0.1) is 18.4 Å². The molecule has 0 bridgehead atoms. The molecule has 0 spiro atoms. The fraction of sp³-hybridized carbons (Fsp3) is 0.733. The topological polar surface area (TPSA) is 68.2 Å². The molecule has 0 atom stereocenters. The average Bonchev–Trinajstić information content (AvgIpc) is 2.86. The Labute approximate surface area is 126 Å². The lowest BCUT2D eigenvalue weighted by molar-refractivity contribution is -0.122. The molecule has 1 aromatic rings. The van der Waals surface area contributed by atoms with Crippen LogP contribution in [0.4, 0.5) is 0 Å². The standard InChI is InChI=1S/C15H26N4O2/c1-3-14-12(11-19(2)18-14)10-17-15(20)6-9-21-13-4-7-16-8-5-13/h11,13,16H,3-10H2,1-2H3,(H,17,20). The number of nitrogens with one attached hydrogen (secondary N) is 2. The van der Waals surface area contributed by atoms with Crippen LogP contribution in [0.3, 0.4) is 0 Å². The first-order valence-electron chi connectivity index (χ1n) is 7.79. The number of piperidine rings is 1. The summed E-state index contributed by atoms with van der Waals surface area (Å²) in [4.78, 5) is 11.8. The summed E-state index contributed by atoms with van der Waals surface area (Å²) < 4.78 is 7.53. The van der Waals surface area contributed by atoms with Crippen molar-refractivity contribution in [2.75, 3.05) is 19.7 Å². The molecule has 1 amide bonds. The third-order valence-electron chi connectivity index (χ3n) is 3.77. The summed E-state index contributed by atoms with van der Waals surface area (Å²) in [5.41, 5.74) is 2.14. The van der Waals surface area contributed by atoms with Crippen LogP contribution >= 0.6 is 0 Å². The smallest absolute Gasteiger partial charge is 0.222 e. The van der Waals surface area contributed by atoms with Gasteiger partial charge in [-0.05, 0) is 32.4 Å². The third-order valence-corrected chi connectivity index (χ3v) is 3.77. The molecule has 2 heterocycles. The molecule has 1 aromatic heterocycles. The Hall–Kier alpha value is -1.40. The van der Waals surface area contributed by atoms with Crippen molar-refractivity contribution in [2.24, 2.45) is 7.05 Å². The summed E-state index contributed by atoms with van der Waals surface area (Å²) >= 11 is 0. The van der Waals surface area contributed by atoms with E-state index in [0.29, 0.717) is 25.7 Å². The van der Waals surface area contributed by atoms with Crippen LogP contribution in [0.15, 0.2) is 6.20 Å². The molecule has 0 aliphatic carbocycles. The van der Waals surface area contributed by atoms with Crippen LogP contribution in [0.5, 0.6) is 0 Å². The first-order chi connectivity index (χ1) is 10.2. The summed E-state index contributed by atoms with van der Waals surface area (Å²) in [6, 6.07) is 0. The van der Waals surface area contributed by atoms with E-state index in [2.05, 4.69) is 22.7 Å². The second-order valence-corrected chi connectivity index (χ2v) is 5.48. The number of nitrogens with zero attached hydrogens (tertiary/aromatic N) is 2. The Morgan fingerprint density at radius 3 is 3.00 bits per heavy atom. The summed E-state index contributed by atoms with van der Waals surface area (Å²) in [5, 5.41) is 10.6. The molecule has 1 saturated heterocycles. The van der Waals surface area contributed by atoms with Gasteiger partial charge in [0.25, 0.3) is 0 Å². The predicted molar refractivity (Wildman–Crippen MR) is 80.9 cm³/mol. The van der Waals surface area contributed by atoms with Gasteiger partial charge in [-0.15, -0.1) is 0 Å². The van der Waals surface area contributed by atoms with Crippen LogP contribution in [0.25, 0.3) is 0 Å². The maximum atomic E-state index is 11.8. The Balaban J connectivity index is 1.65. The first-order valence-corrected chi connectivity index (χ1v) is 7.79. The van der Waals surface area contributed by atoms with Crippen molar-refractivity contribution in [1.29, 1.82) is 0 Å². The highest BCUT2D eigenvalue weighted by atomic mass is 16.5. The van der Waals surface area contributed by atoms with E-state index in [-0.39, 0.29) is 5.91 Å². The molecule has 6 heteroatoms. The largest absolute Gasteiger partial charge is 0.378 e. The highest BCUT2D eigenvalue weighted by Crippen LogP contribution is 2.08. The normalized spacial score (nSPS) is 16.1. The molecule has 0 saturated carbocycles. The zero-order valence-electron chi connectivity index (χ0n) is 13.0. The molecule has 118 valence electrons. The van der Waals surface area contributed by atoms with Crippen LogP contribution in [0.1, 0.15) is 37.4 Å². The van der Waals surface area contributed by atoms with Crippen molar-refractivity contribution >= 4 is 5.91 Å². The average molecular weight is 294 g/mol. The van der Waals surface area contributed by atoms with E-state index >= 15 is 0 Å². The Morgan fingerprint density at radius 1 is 1.52 bits per heavy atom. The van der Waals surface area contributed by atoms with Crippen LogP contribution < -0.4 is 10.6 Å². The maximum Gasteiger partial charge on any atom is 0.222 e. The number of carbonyl (C=O) groups is 1. The van der Waals surface area contributed by atoms with Gasteiger partial charge in [0, 0.05) is 31.8 Å². The molecule has 2 rings (SSSR count). The third kappa shape index (κ3) is 5.13. The summed E-state index contributed by atoms with van der Waals surface area (Å²) in [5.74, 6) is 0.0369. The van der Waals surface area contributed by atoms with Crippen molar-refractivity contribution in [3.8, 4) is 0 Å². The Bertz CT molecular complexity index is 453. The summed E-state index contributed by atoms with van der Waals surface area (Å²) in [6.07, 6.45) is 5.65. The predicted octanol–water partition coefficient (Wildman–Crippen LogP) is 0.757. The van der Waals surface area contributed by atoms with Gasteiger partial charge in [-0.2, -0.15) is 5.10 Å². The number of rotatable bonds is 7. The van der Waals surface area contributed by atoms with E-state index in [4.69, 9.17) is 4.74 Å². The van der Waals surface area contributed by atoms with Crippen LogP contribution in [0, 0.1) is 0 Å². The van der Waals surface area contributed by atoms with Crippen molar-refractivity contribution in [1.82, 2.24) is 20.4 Å². The van der Waals surface area contributed by atoms with Crippen LogP contribution in [0.2, 0.25) is 0 Å².